The van der Waals surface area contributed by atoms with Crippen molar-refractivity contribution < 1.29 is 0 Å². The largest absolute Gasteiger partial charge is 0.295 e. The van der Waals surface area contributed by atoms with E-state index in [1.807, 2.05) is 0 Å². The molecule has 0 N–H and O–H groups in total. The van der Waals surface area contributed by atoms with Crippen molar-refractivity contribution in [2.75, 3.05) is 0 Å². The lowest BCUT2D eigenvalue weighted by molar-refractivity contribution is 0.738. The molecule has 2 nitrogen and oxygen atoms in total. The first-order valence-corrected chi connectivity index (χ1v) is 21.4. The number of para-hydroxylation sites is 3. The highest BCUT2D eigenvalue weighted by molar-refractivity contribution is 6.24. The van der Waals surface area contributed by atoms with E-state index in [1.54, 1.807) is 0 Å². The summed E-state index contributed by atoms with van der Waals surface area (Å²) in [7, 11) is 0. The van der Waals surface area contributed by atoms with Crippen molar-refractivity contribution in [2.45, 2.75) is 52.4 Å². The van der Waals surface area contributed by atoms with Crippen molar-refractivity contribution in [3.8, 4) is 39.1 Å². The monoisotopic (exact) mass is 760 g/mol. The van der Waals surface area contributed by atoms with Gasteiger partial charge in [-0.1, -0.05) is 211 Å². The van der Waals surface area contributed by atoms with Gasteiger partial charge < -0.3 is 0 Å². The maximum Gasteiger partial charge on any atom is 0.134 e. The maximum absolute atomic E-state index is 5.48. The molecule has 0 saturated carbocycles. The molecule has 0 bridgehead atoms. The second-order valence-corrected chi connectivity index (χ2v) is 15.9. The molecule has 0 saturated heterocycles. The van der Waals surface area contributed by atoms with Crippen LogP contribution in [0.15, 0.2) is 182 Å². The van der Waals surface area contributed by atoms with Crippen molar-refractivity contribution in [1.82, 2.24) is 9.55 Å². The third-order valence-corrected chi connectivity index (χ3v) is 12.3. The fraction of sp³-hybridized carbons (Fsp3) is 0.140. The van der Waals surface area contributed by atoms with Crippen LogP contribution in [0.1, 0.15) is 69.5 Å². The highest BCUT2D eigenvalue weighted by atomic mass is 15.1. The van der Waals surface area contributed by atoms with Gasteiger partial charge in [0.25, 0.3) is 0 Å². The minimum Gasteiger partial charge on any atom is -0.295 e. The molecule has 1 aliphatic carbocycles. The van der Waals surface area contributed by atoms with Gasteiger partial charge in [-0.2, -0.15) is 0 Å². The summed E-state index contributed by atoms with van der Waals surface area (Å²) in [5.74, 6) is 1.07. The van der Waals surface area contributed by atoms with Gasteiger partial charge in [0.05, 0.1) is 16.7 Å². The number of rotatable bonds is 3. The van der Waals surface area contributed by atoms with E-state index in [1.165, 1.54) is 107 Å². The van der Waals surface area contributed by atoms with Gasteiger partial charge in [-0.3, -0.25) is 4.57 Å². The van der Waals surface area contributed by atoms with Crippen LogP contribution in [0.2, 0.25) is 0 Å². The number of benzene rings is 9. The summed E-state index contributed by atoms with van der Waals surface area (Å²) in [6, 6.07) is 67.1. The fourth-order valence-corrected chi connectivity index (χ4v) is 9.85. The van der Waals surface area contributed by atoms with Crippen LogP contribution < -0.4 is 0 Å². The van der Waals surface area contributed by atoms with E-state index in [4.69, 9.17) is 4.98 Å². The molecule has 1 atom stereocenters. The molecule has 1 aromatic heterocycles. The Balaban J connectivity index is 0.000000562. The van der Waals surface area contributed by atoms with Crippen molar-refractivity contribution in [3.63, 3.8) is 0 Å². The third kappa shape index (κ3) is 5.36. The molecule has 12 rings (SSSR count). The molecule has 10 aromatic rings. The first-order valence-electron chi connectivity index (χ1n) is 21.4. The number of nitrogens with zero attached hydrogens (tertiary/aromatic N) is 2. The number of aromatic nitrogens is 2. The molecule has 2 heterocycles. The van der Waals surface area contributed by atoms with Gasteiger partial charge >= 0.3 is 0 Å². The first-order chi connectivity index (χ1) is 29.2. The molecule has 1 spiro atoms. The van der Waals surface area contributed by atoms with Gasteiger partial charge in [-0.15, -0.1) is 0 Å². The highest BCUT2D eigenvalue weighted by Gasteiger charge is 2.54. The van der Waals surface area contributed by atoms with Crippen molar-refractivity contribution >= 4 is 43.4 Å². The zero-order valence-corrected chi connectivity index (χ0v) is 34.3. The standard InChI is InChI=1S/C50H30N2.C4H10.C3H8/c1-2-17-32-31(15-1)16-13-23-33(32)46-34-18-3-5-20-36(34)47(37-21-6-4-19-35(37)46)39-24-14-27-42-48(39)38-22-7-8-25-40(38)50(42)41-26-9-11-29-44(41)52-45-30-12-10-28-43(45)51-49(50)52;1-3-4-2;1-3-2/h1-30H;3-4H2,1-2H3;3H2,1-2H3. The van der Waals surface area contributed by atoms with Crippen LogP contribution in [0.25, 0.3) is 82.4 Å². The molecular weight excluding hydrogens is 713 g/mol. The zero-order valence-electron chi connectivity index (χ0n) is 34.3. The molecule has 0 fully saturated rings. The first kappa shape index (κ1) is 36.6. The van der Waals surface area contributed by atoms with Crippen LogP contribution in [0, 0.1) is 0 Å². The minimum absolute atomic E-state index is 0.550. The van der Waals surface area contributed by atoms with Crippen molar-refractivity contribution in [2.24, 2.45) is 0 Å². The van der Waals surface area contributed by atoms with E-state index in [0.717, 1.165) is 16.9 Å². The average Bonchev–Trinajstić information content (AvgIpc) is 3.92. The Morgan fingerprint density at radius 3 is 1.58 bits per heavy atom. The van der Waals surface area contributed by atoms with Gasteiger partial charge in [0.15, 0.2) is 0 Å². The maximum atomic E-state index is 5.48. The lowest BCUT2D eigenvalue weighted by Gasteiger charge is -2.27. The minimum atomic E-state index is -0.550. The van der Waals surface area contributed by atoms with Gasteiger partial charge in [0.2, 0.25) is 0 Å². The second kappa shape index (κ2) is 14.9. The Hall–Kier alpha value is -6.77. The van der Waals surface area contributed by atoms with Crippen LogP contribution >= 0.6 is 0 Å². The van der Waals surface area contributed by atoms with E-state index in [9.17, 15) is 0 Å². The molecule has 59 heavy (non-hydrogen) atoms. The Labute approximate surface area is 347 Å². The molecule has 0 amide bonds. The summed E-state index contributed by atoms with van der Waals surface area (Å²) in [6.07, 6.45) is 3.89. The summed E-state index contributed by atoms with van der Waals surface area (Å²) < 4.78 is 2.41. The van der Waals surface area contributed by atoms with Gasteiger partial charge in [-0.25, -0.2) is 4.98 Å². The number of hydrogen-bond acceptors (Lipinski definition) is 1. The van der Waals surface area contributed by atoms with E-state index in [2.05, 4.69) is 214 Å². The number of fused-ring (bicyclic) bond motifs is 15. The van der Waals surface area contributed by atoms with Gasteiger partial charge in [0, 0.05) is 0 Å². The lowest BCUT2D eigenvalue weighted by atomic mass is 9.72. The third-order valence-electron chi connectivity index (χ3n) is 12.3. The molecule has 0 radical (unpaired) electrons. The summed E-state index contributed by atoms with van der Waals surface area (Å²) in [5, 5.41) is 7.57. The molecule has 2 heteroatoms. The summed E-state index contributed by atoms with van der Waals surface area (Å²) in [6.45, 7) is 8.61. The average molecular weight is 761 g/mol. The Kier molecular flexibility index (Phi) is 9.22. The lowest BCUT2D eigenvalue weighted by Crippen LogP contribution is -2.27. The smallest absolute Gasteiger partial charge is 0.134 e. The highest BCUT2D eigenvalue weighted by Crippen LogP contribution is 2.62. The number of imidazole rings is 1. The Morgan fingerprint density at radius 2 is 0.881 bits per heavy atom. The fourth-order valence-electron chi connectivity index (χ4n) is 9.85. The number of unbranched alkanes of at least 4 members (excludes halogenated alkanes) is 1. The van der Waals surface area contributed by atoms with Gasteiger partial charge in [-0.05, 0) is 101 Å². The summed E-state index contributed by atoms with van der Waals surface area (Å²) in [5.41, 5.74) is 14.3. The van der Waals surface area contributed by atoms with E-state index in [0.29, 0.717) is 0 Å². The van der Waals surface area contributed by atoms with E-state index >= 15 is 0 Å². The predicted molar refractivity (Wildman–Crippen MR) is 252 cm³/mol. The van der Waals surface area contributed by atoms with Crippen LogP contribution in [0.5, 0.6) is 0 Å². The SMILES string of the molecule is CCC.CCCC.c1ccc2c(c1)-c1c(-c3c4ccccc4c(-c4cccc5ccccc45)c4ccccc34)cccc1C21c2ccccc2-n2c1nc1ccccc12. The molecule has 2 aliphatic rings. The van der Waals surface area contributed by atoms with Crippen molar-refractivity contribution in [1.29, 1.82) is 0 Å². The molecular formula is C57H48N2. The molecule has 1 unspecified atom stereocenters. The summed E-state index contributed by atoms with van der Waals surface area (Å²) >= 11 is 0. The predicted octanol–water partition coefficient (Wildman–Crippen LogP) is 15.7. The summed E-state index contributed by atoms with van der Waals surface area (Å²) in [4.78, 5) is 5.48. The van der Waals surface area contributed by atoms with Crippen LogP contribution in [0.4, 0.5) is 0 Å². The zero-order chi connectivity index (χ0) is 40.1. The normalized spacial score (nSPS) is 14.4. The van der Waals surface area contributed by atoms with E-state index < -0.39 is 5.41 Å². The quantitative estimate of drug-likeness (QED) is 0.164. The van der Waals surface area contributed by atoms with Crippen LogP contribution in [-0.2, 0) is 5.41 Å². The Morgan fingerprint density at radius 1 is 0.407 bits per heavy atom. The second-order valence-electron chi connectivity index (χ2n) is 15.9. The van der Waals surface area contributed by atoms with Crippen LogP contribution in [-0.4, -0.2) is 9.55 Å². The topological polar surface area (TPSA) is 17.8 Å². The van der Waals surface area contributed by atoms with Gasteiger partial charge in [0.1, 0.15) is 11.2 Å². The molecule has 1 aliphatic heterocycles. The Bertz CT molecular complexity index is 3140. The van der Waals surface area contributed by atoms with E-state index in [-0.39, 0.29) is 0 Å². The van der Waals surface area contributed by atoms with Crippen LogP contribution in [0.3, 0.4) is 0 Å². The molecule has 286 valence electrons. The van der Waals surface area contributed by atoms with Crippen molar-refractivity contribution in [3.05, 3.63) is 205 Å². The number of hydrogen-bond donors (Lipinski definition) is 0. The molecule has 9 aromatic carbocycles.